The van der Waals surface area contributed by atoms with Crippen molar-refractivity contribution in [3.8, 4) is 5.75 Å². The minimum Gasteiger partial charge on any atom is -0.497 e. The number of hydrogen-bond acceptors (Lipinski definition) is 2. The van der Waals surface area contributed by atoms with E-state index in [0.29, 0.717) is 0 Å². The molecule has 0 saturated carbocycles. The molecule has 3 nitrogen and oxygen atoms in total. The third-order valence-electron chi connectivity index (χ3n) is 3.32. The van der Waals surface area contributed by atoms with Crippen LogP contribution < -0.4 is 4.74 Å². The van der Waals surface area contributed by atoms with Crippen molar-refractivity contribution in [3.05, 3.63) is 57.8 Å². The Hall–Kier alpha value is -1.81. The standard InChI is InChI=1S/C16H15BrN2O/c1-10-7-12(17)9-14-16(10)19-15(18-14)8-11-3-5-13(20-2)6-4-11/h3-7,9H,8H2,1-2H3,(H,18,19). The zero-order chi connectivity index (χ0) is 14.1. The van der Waals surface area contributed by atoms with Crippen molar-refractivity contribution in [1.29, 1.82) is 0 Å². The van der Waals surface area contributed by atoms with Gasteiger partial charge in [0.1, 0.15) is 11.6 Å². The number of H-pyrrole nitrogens is 1. The van der Waals surface area contributed by atoms with E-state index in [4.69, 9.17) is 4.74 Å². The maximum Gasteiger partial charge on any atom is 0.118 e. The van der Waals surface area contributed by atoms with Gasteiger partial charge in [-0.3, -0.25) is 0 Å². The number of methoxy groups -OCH3 is 1. The number of imidazole rings is 1. The Balaban J connectivity index is 1.92. The summed E-state index contributed by atoms with van der Waals surface area (Å²) in [6.07, 6.45) is 0.787. The first-order valence-electron chi connectivity index (χ1n) is 6.43. The number of benzene rings is 2. The van der Waals surface area contributed by atoms with Crippen molar-refractivity contribution in [2.45, 2.75) is 13.3 Å². The fourth-order valence-corrected chi connectivity index (χ4v) is 2.89. The average Bonchev–Trinajstić information content (AvgIpc) is 2.82. The van der Waals surface area contributed by atoms with Crippen LogP contribution in [0.1, 0.15) is 17.0 Å². The van der Waals surface area contributed by atoms with Crippen LogP contribution in [-0.2, 0) is 6.42 Å². The number of rotatable bonds is 3. The molecule has 4 heteroatoms. The number of aromatic nitrogens is 2. The normalized spacial score (nSPS) is 10.9. The van der Waals surface area contributed by atoms with Crippen molar-refractivity contribution in [1.82, 2.24) is 9.97 Å². The van der Waals surface area contributed by atoms with Crippen LogP contribution >= 0.6 is 15.9 Å². The molecule has 0 bridgehead atoms. The van der Waals surface area contributed by atoms with Crippen LogP contribution in [0.3, 0.4) is 0 Å². The number of halogens is 1. The second-order valence-electron chi connectivity index (χ2n) is 4.83. The fourth-order valence-electron chi connectivity index (χ4n) is 2.32. The zero-order valence-corrected chi connectivity index (χ0v) is 13.0. The van der Waals surface area contributed by atoms with E-state index in [1.165, 1.54) is 11.1 Å². The third kappa shape index (κ3) is 2.56. The van der Waals surface area contributed by atoms with E-state index in [-0.39, 0.29) is 0 Å². The SMILES string of the molecule is COc1ccc(Cc2nc3c(C)cc(Br)cc3[nH]2)cc1. The van der Waals surface area contributed by atoms with E-state index >= 15 is 0 Å². The molecule has 0 amide bonds. The van der Waals surface area contributed by atoms with Gasteiger partial charge in [-0.05, 0) is 42.3 Å². The molecule has 0 fully saturated rings. The Morgan fingerprint density at radius 2 is 1.95 bits per heavy atom. The lowest BCUT2D eigenvalue weighted by atomic mass is 10.1. The van der Waals surface area contributed by atoms with Gasteiger partial charge in [0, 0.05) is 10.9 Å². The summed E-state index contributed by atoms with van der Waals surface area (Å²) < 4.78 is 6.24. The number of fused-ring (bicyclic) bond motifs is 1. The van der Waals surface area contributed by atoms with Gasteiger partial charge in [0.2, 0.25) is 0 Å². The Morgan fingerprint density at radius 1 is 1.20 bits per heavy atom. The molecule has 3 aromatic rings. The topological polar surface area (TPSA) is 37.9 Å². The summed E-state index contributed by atoms with van der Waals surface area (Å²) in [5.41, 5.74) is 4.49. The van der Waals surface area contributed by atoms with Crippen LogP contribution in [0.25, 0.3) is 11.0 Å². The largest absolute Gasteiger partial charge is 0.497 e. The Labute approximate surface area is 126 Å². The molecule has 0 spiro atoms. The first kappa shape index (κ1) is 13.2. The summed E-state index contributed by atoms with van der Waals surface area (Å²) in [5.74, 6) is 1.85. The Bertz CT molecular complexity index is 747. The molecule has 0 saturated heterocycles. The number of aryl methyl sites for hydroxylation is 1. The summed E-state index contributed by atoms with van der Waals surface area (Å²) in [4.78, 5) is 8.07. The first-order chi connectivity index (χ1) is 9.65. The second kappa shape index (κ2) is 5.29. The predicted octanol–water partition coefficient (Wildman–Crippen LogP) is 4.23. The monoisotopic (exact) mass is 330 g/mol. The summed E-state index contributed by atoms with van der Waals surface area (Å²) in [5, 5.41) is 0. The van der Waals surface area contributed by atoms with E-state index in [2.05, 4.69) is 57.1 Å². The van der Waals surface area contributed by atoms with Gasteiger partial charge in [-0.1, -0.05) is 28.1 Å². The highest BCUT2D eigenvalue weighted by Crippen LogP contribution is 2.23. The van der Waals surface area contributed by atoms with Crippen LogP contribution in [0.5, 0.6) is 5.75 Å². The molecule has 1 N–H and O–H groups in total. The predicted molar refractivity (Wildman–Crippen MR) is 84.3 cm³/mol. The van der Waals surface area contributed by atoms with Crippen LogP contribution in [-0.4, -0.2) is 17.1 Å². The molecule has 0 aliphatic rings. The van der Waals surface area contributed by atoms with Crippen molar-refractivity contribution in [3.63, 3.8) is 0 Å². The molecule has 3 rings (SSSR count). The van der Waals surface area contributed by atoms with Gasteiger partial charge < -0.3 is 9.72 Å². The second-order valence-corrected chi connectivity index (χ2v) is 5.74. The lowest BCUT2D eigenvalue weighted by Gasteiger charge is -2.01. The molecule has 0 atom stereocenters. The van der Waals surface area contributed by atoms with Crippen molar-refractivity contribution >= 4 is 27.0 Å². The zero-order valence-electron chi connectivity index (χ0n) is 11.4. The van der Waals surface area contributed by atoms with Gasteiger partial charge in [0.15, 0.2) is 0 Å². The number of nitrogens with zero attached hydrogens (tertiary/aromatic N) is 1. The van der Waals surface area contributed by atoms with Gasteiger partial charge in [-0.15, -0.1) is 0 Å². The minimum absolute atomic E-state index is 0.787. The lowest BCUT2D eigenvalue weighted by Crippen LogP contribution is -1.91. The molecule has 1 aromatic heterocycles. The fraction of sp³-hybridized carbons (Fsp3) is 0.188. The molecule has 0 aliphatic heterocycles. The maximum atomic E-state index is 5.17. The van der Waals surface area contributed by atoms with Crippen LogP contribution in [0.15, 0.2) is 40.9 Å². The number of nitrogens with one attached hydrogen (secondary N) is 1. The molecule has 1 heterocycles. The quantitative estimate of drug-likeness (QED) is 0.780. The molecule has 2 aromatic carbocycles. The third-order valence-corrected chi connectivity index (χ3v) is 3.78. The van der Waals surface area contributed by atoms with Crippen molar-refractivity contribution in [2.75, 3.05) is 7.11 Å². The molecule has 0 unspecified atom stereocenters. The van der Waals surface area contributed by atoms with Crippen molar-refractivity contribution < 1.29 is 4.74 Å². The maximum absolute atomic E-state index is 5.17. The summed E-state index contributed by atoms with van der Waals surface area (Å²) in [7, 11) is 1.68. The highest BCUT2D eigenvalue weighted by Gasteiger charge is 2.07. The van der Waals surface area contributed by atoms with Gasteiger partial charge >= 0.3 is 0 Å². The van der Waals surface area contributed by atoms with E-state index in [1.807, 2.05) is 12.1 Å². The molecule has 20 heavy (non-hydrogen) atoms. The number of hydrogen-bond donors (Lipinski definition) is 1. The number of ether oxygens (including phenoxy) is 1. The average molecular weight is 331 g/mol. The first-order valence-corrected chi connectivity index (χ1v) is 7.22. The van der Waals surface area contributed by atoms with Crippen LogP contribution in [0.4, 0.5) is 0 Å². The van der Waals surface area contributed by atoms with Crippen LogP contribution in [0.2, 0.25) is 0 Å². The van der Waals surface area contributed by atoms with Crippen LogP contribution in [0, 0.1) is 6.92 Å². The smallest absolute Gasteiger partial charge is 0.118 e. The Kier molecular flexibility index (Phi) is 3.49. The lowest BCUT2D eigenvalue weighted by molar-refractivity contribution is 0.414. The number of aromatic amines is 1. The van der Waals surface area contributed by atoms with Gasteiger partial charge in [0.05, 0.1) is 18.1 Å². The van der Waals surface area contributed by atoms with Gasteiger partial charge in [-0.2, -0.15) is 0 Å². The highest BCUT2D eigenvalue weighted by molar-refractivity contribution is 9.10. The van der Waals surface area contributed by atoms with Crippen molar-refractivity contribution in [2.24, 2.45) is 0 Å². The molecular formula is C16H15BrN2O. The minimum atomic E-state index is 0.787. The summed E-state index contributed by atoms with van der Waals surface area (Å²) in [6, 6.07) is 12.2. The molecule has 102 valence electrons. The van der Waals surface area contributed by atoms with Gasteiger partial charge in [0.25, 0.3) is 0 Å². The van der Waals surface area contributed by atoms with E-state index < -0.39 is 0 Å². The molecular weight excluding hydrogens is 316 g/mol. The molecule has 0 aliphatic carbocycles. The van der Waals surface area contributed by atoms with E-state index in [9.17, 15) is 0 Å². The Morgan fingerprint density at radius 3 is 2.65 bits per heavy atom. The van der Waals surface area contributed by atoms with E-state index in [0.717, 1.165) is 33.5 Å². The summed E-state index contributed by atoms with van der Waals surface area (Å²) in [6.45, 7) is 2.07. The summed E-state index contributed by atoms with van der Waals surface area (Å²) >= 11 is 3.51. The highest BCUT2D eigenvalue weighted by atomic mass is 79.9. The van der Waals surface area contributed by atoms with Gasteiger partial charge in [-0.25, -0.2) is 4.98 Å². The molecule has 0 radical (unpaired) electrons. The van der Waals surface area contributed by atoms with E-state index in [1.54, 1.807) is 7.11 Å².